The predicted molar refractivity (Wildman–Crippen MR) is 64.1 cm³/mol. The van der Waals surface area contributed by atoms with Crippen molar-refractivity contribution in [2.75, 3.05) is 6.54 Å². The fraction of sp³-hybridized carbons (Fsp3) is 0.846. The second-order valence-corrected chi connectivity index (χ2v) is 4.79. The van der Waals surface area contributed by atoms with E-state index in [4.69, 9.17) is 0 Å². The first-order chi connectivity index (χ1) is 7.61. The fourth-order valence-electron chi connectivity index (χ4n) is 2.28. The van der Waals surface area contributed by atoms with Crippen LogP contribution in [0.5, 0.6) is 0 Å². The minimum atomic E-state index is -0.249. The Labute approximate surface area is 98.2 Å². The number of carbonyl (C=O) groups excluding carboxylic acids is 2. The van der Waals surface area contributed by atoms with Gasteiger partial charge >= 0.3 is 0 Å². The standard InChI is InChI=1S/C13H23NO2/c1-4-6-7-8-14-11(10(3)5-2)9-12(15)13(14)16/h10-11H,4-9H2,1-3H3. The summed E-state index contributed by atoms with van der Waals surface area (Å²) in [6, 6.07) is 0.154. The van der Waals surface area contributed by atoms with Gasteiger partial charge in [0, 0.05) is 19.0 Å². The maximum Gasteiger partial charge on any atom is 0.290 e. The summed E-state index contributed by atoms with van der Waals surface area (Å²) in [6.07, 6.45) is 4.74. The zero-order valence-electron chi connectivity index (χ0n) is 10.7. The summed E-state index contributed by atoms with van der Waals surface area (Å²) in [4.78, 5) is 25.0. The van der Waals surface area contributed by atoms with E-state index < -0.39 is 0 Å². The lowest BCUT2D eigenvalue weighted by molar-refractivity contribution is -0.140. The van der Waals surface area contributed by atoms with Crippen molar-refractivity contribution in [3.8, 4) is 0 Å². The van der Waals surface area contributed by atoms with Crippen LogP contribution in [-0.2, 0) is 9.59 Å². The van der Waals surface area contributed by atoms with Crippen LogP contribution in [0.4, 0.5) is 0 Å². The Morgan fingerprint density at radius 2 is 2.00 bits per heavy atom. The van der Waals surface area contributed by atoms with Crippen LogP contribution in [0.2, 0.25) is 0 Å². The summed E-state index contributed by atoms with van der Waals surface area (Å²) in [5.41, 5.74) is 0. The van der Waals surface area contributed by atoms with Gasteiger partial charge in [-0.3, -0.25) is 9.59 Å². The smallest absolute Gasteiger partial charge is 0.290 e. The molecule has 0 aromatic heterocycles. The number of ketones is 1. The minimum Gasteiger partial charge on any atom is -0.332 e. The molecule has 0 N–H and O–H groups in total. The second kappa shape index (κ2) is 6.02. The molecule has 1 aliphatic rings. The van der Waals surface area contributed by atoms with E-state index in [1.165, 1.54) is 0 Å². The minimum absolute atomic E-state index is 0.154. The first-order valence-electron chi connectivity index (χ1n) is 6.45. The zero-order chi connectivity index (χ0) is 12.1. The number of Topliss-reactive ketones (excluding diaryl/α,β-unsaturated/α-hetero) is 1. The molecular formula is C13H23NO2. The lowest BCUT2D eigenvalue weighted by atomic mass is 9.97. The fourth-order valence-corrected chi connectivity index (χ4v) is 2.28. The molecule has 3 nitrogen and oxygen atoms in total. The van der Waals surface area contributed by atoms with Crippen molar-refractivity contribution in [3.05, 3.63) is 0 Å². The predicted octanol–water partition coefficient (Wildman–Crippen LogP) is 2.39. The second-order valence-electron chi connectivity index (χ2n) is 4.79. The summed E-state index contributed by atoms with van der Waals surface area (Å²) in [5.74, 6) is -0.0137. The molecule has 0 aromatic carbocycles. The average Bonchev–Trinajstić information content (AvgIpc) is 2.56. The summed E-state index contributed by atoms with van der Waals surface area (Å²) in [5, 5.41) is 0. The summed E-state index contributed by atoms with van der Waals surface area (Å²) in [7, 11) is 0. The highest BCUT2D eigenvalue weighted by Crippen LogP contribution is 2.25. The van der Waals surface area contributed by atoms with Gasteiger partial charge in [0.2, 0.25) is 5.78 Å². The molecule has 2 atom stereocenters. The molecule has 16 heavy (non-hydrogen) atoms. The van der Waals surface area contributed by atoms with E-state index in [9.17, 15) is 9.59 Å². The molecule has 0 bridgehead atoms. The van der Waals surface area contributed by atoms with Crippen molar-refractivity contribution in [1.82, 2.24) is 4.90 Å². The Kier molecular flexibility index (Phi) is 4.97. The molecular weight excluding hydrogens is 202 g/mol. The van der Waals surface area contributed by atoms with Gasteiger partial charge in [0.05, 0.1) is 0 Å². The number of hydrogen-bond acceptors (Lipinski definition) is 2. The van der Waals surface area contributed by atoms with Crippen LogP contribution in [0.25, 0.3) is 0 Å². The van der Waals surface area contributed by atoms with Crippen LogP contribution < -0.4 is 0 Å². The molecule has 2 unspecified atom stereocenters. The SMILES string of the molecule is CCCCCN1C(=O)C(=O)CC1C(C)CC. The number of hydrogen-bond donors (Lipinski definition) is 0. The van der Waals surface area contributed by atoms with Crippen molar-refractivity contribution >= 4 is 11.7 Å². The number of rotatable bonds is 6. The quantitative estimate of drug-likeness (QED) is 0.514. The van der Waals surface area contributed by atoms with Crippen LogP contribution in [-0.4, -0.2) is 29.2 Å². The lowest BCUT2D eigenvalue weighted by Gasteiger charge is -2.28. The molecule has 1 saturated heterocycles. The molecule has 92 valence electrons. The van der Waals surface area contributed by atoms with Crippen LogP contribution >= 0.6 is 0 Å². The summed E-state index contributed by atoms with van der Waals surface area (Å²) in [6.45, 7) is 7.14. The Balaban J connectivity index is 2.60. The number of likely N-dealkylation sites (tertiary alicyclic amines) is 1. The third kappa shape index (κ3) is 2.83. The summed E-state index contributed by atoms with van der Waals surface area (Å²) >= 11 is 0. The number of nitrogens with zero attached hydrogens (tertiary/aromatic N) is 1. The maximum absolute atomic E-state index is 11.7. The molecule has 0 saturated carbocycles. The highest BCUT2D eigenvalue weighted by Gasteiger charge is 2.39. The van der Waals surface area contributed by atoms with E-state index in [0.29, 0.717) is 12.3 Å². The van der Waals surface area contributed by atoms with Crippen molar-refractivity contribution in [1.29, 1.82) is 0 Å². The van der Waals surface area contributed by atoms with E-state index in [0.717, 1.165) is 32.2 Å². The monoisotopic (exact) mass is 225 g/mol. The van der Waals surface area contributed by atoms with Gasteiger partial charge in [-0.1, -0.05) is 40.0 Å². The van der Waals surface area contributed by atoms with Crippen molar-refractivity contribution < 1.29 is 9.59 Å². The molecule has 1 amide bonds. The van der Waals surface area contributed by atoms with Gasteiger partial charge in [0.1, 0.15) is 0 Å². The molecule has 0 radical (unpaired) electrons. The maximum atomic E-state index is 11.7. The zero-order valence-corrected chi connectivity index (χ0v) is 10.7. The summed E-state index contributed by atoms with van der Waals surface area (Å²) < 4.78 is 0. The third-order valence-electron chi connectivity index (χ3n) is 3.60. The van der Waals surface area contributed by atoms with E-state index in [-0.39, 0.29) is 17.7 Å². The molecule has 3 heteroatoms. The first kappa shape index (κ1) is 13.2. The highest BCUT2D eigenvalue weighted by atomic mass is 16.2. The molecule has 0 aromatic rings. The molecule has 1 fully saturated rings. The third-order valence-corrected chi connectivity index (χ3v) is 3.60. The molecule has 0 aliphatic carbocycles. The van der Waals surface area contributed by atoms with Crippen LogP contribution in [0.15, 0.2) is 0 Å². The Morgan fingerprint density at radius 1 is 1.31 bits per heavy atom. The number of carbonyl (C=O) groups is 2. The largest absolute Gasteiger partial charge is 0.332 e. The van der Waals surface area contributed by atoms with Crippen LogP contribution in [0, 0.1) is 5.92 Å². The van der Waals surface area contributed by atoms with Gasteiger partial charge in [-0.25, -0.2) is 0 Å². The average molecular weight is 225 g/mol. The topological polar surface area (TPSA) is 37.4 Å². The number of amides is 1. The van der Waals surface area contributed by atoms with Crippen molar-refractivity contribution in [2.24, 2.45) is 5.92 Å². The van der Waals surface area contributed by atoms with Gasteiger partial charge in [0.15, 0.2) is 0 Å². The highest BCUT2D eigenvalue weighted by molar-refractivity contribution is 6.38. The Bertz CT molecular complexity index is 263. The van der Waals surface area contributed by atoms with Gasteiger partial charge < -0.3 is 4.90 Å². The van der Waals surface area contributed by atoms with Gasteiger partial charge in [0.25, 0.3) is 5.91 Å². The van der Waals surface area contributed by atoms with Gasteiger partial charge in [-0.2, -0.15) is 0 Å². The van der Waals surface area contributed by atoms with E-state index in [1.54, 1.807) is 0 Å². The molecule has 1 aliphatic heterocycles. The molecule has 1 rings (SSSR count). The van der Waals surface area contributed by atoms with Crippen LogP contribution in [0.1, 0.15) is 52.9 Å². The number of unbranched alkanes of at least 4 members (excludes halogenated alkanes) is 2. The van der Waals surface area contributed by atoms with E-state index >= 15 is 0 Å². The van der Waals surface area contributed by atoms with E-state index in [1.807, 2.05) is 4.90 Å². The molecule has 1 heterocycles. The van der Waals surface area contributed by atoms with Crippen molar-refractivity contribution in [2.45, 2.75) is 58.9 Å². The Hall–Kier alpha value is -0.860. The van der Waals surface area contributed by atoms with Gasteiger partial charge in [-0.05, 0) is 12.3 Å². The van der Waals surface area contributed by atoms with Crippen molar-refractivity contribution in [3.63, 3.8) is 0 Å². The first-order valence-corrected chi connectivity index (χ1v) is 6.45. The normalized spacial score (nSPS) is 22.9. The van der Waals surface area contributed by atoms with Crippen LogP contribution in [0.3, 0.4) is 0 Å². The Morgan fingerprint density at radius 3 is 2.56 bits per heavy atom. The van der Waals surface area contributed by atoms with E-state index in [2.05, 4.69) is 20.8 Å². The lowest BCUT2D eigenvalue weighted by Crippen LogP contribution is -2.38. The van der Waals surface area contributed by atoms with Gasteiger partial charge in [-0.15, -0.1) is 0 Å². The molecule has 0 spiro atoms.